The van der Waals surface area contributed by atoms with Gasteiger partial charge in [0.2, 0.25) is 5.91 Å². The van der Waals surface area contributed by atoms with Crippen molar-refractivity contribution in [1.82, 2.24) is 15.5 Å². The lowest BCUT2D eigenvalue weighted by atomic mass is 10.2. The minimum atomic E-state index is -0.131. The van der Waals surface area contributed by atoms with Crippen molar-refractivity contribution in [3.8, 4) is 6.07 Å². The third-order valence-corrected chi connectivity index (χ3v) is 1.99. The van der Waals surface area contributed by atoms with E-state index in [9.17, 15) is 4.79 Å². The first-order chi connectivity index (χ1) is 7.06. The number of rotatable bonds is 7. The van der Waals surface area contributed by atoms with E-state index in [1.165, 1.54) is 0 Å². The fourth-order valence-electron chi connectivity index (χ4n) is 1.02. The molecule has 0 radical (unpaired) electrons. The highest BCUT2D eigenvalue weighted by Crippen LogP contribution is 1.91. The Hall–Kier alpha value is -1.12. The number of nitrogens with one attached hydrogen (secondary N) is 2. The van der Waals surface area contributed by atoms with Crippen LogP contribution in [0, 0.1) is 11.3 Å². The van der Waals surface area contributed by atoms with Crippen LogP contribution in [-0.4, -0.2) is 50.6 Å². The quantitative estimate of drug-likeness (QED) is 0.561. The highest BCUT2D eigenvalue weighted by molar-refractivity contribution is 5.78. The van der Waals surface area contributed by atoms with E-state index in [4.69, 9.17) is 5.26 Å². The van der Waals surface area contributed by atoms with Crippen LogP contribution in [0.1, 0.15) is 13.3 Å². The van der Waals surface area contributed by atoms with E-state index < -0.39 is 0 Å². The Labute approximate surface area is 91.4 Å². The summed E-state index contributed by atoms with van der Waals surface area (Å²) in [5.74, 6) is -0.131. The number of nitriles is 1. The van der Waals surface area contributed by atoms with Gasteiger partial charge in [-0.1, -0.05) is 0 Å². The molecule has 0 aliphatic carbocycles. The molecular weight excluding hydrogens is 192 g/mol. The number of nitrogens with zero attached hydrogens (tertiary/aromatic N) is 2. The van der Waals surface area contributed by atoms with Gasteiger partial charge in [-0.3, -0.25) is 4.79 Å². The second kappa shape index (κ2) is 8.21. The maximum Gasteiger partial charge on any atom is 0.234 e. The number of amides is 1. The second-order valence-electron chi connectivity index (χ2n) is 3.81. The zero-order valence-corrected chi connectivity index (χ0v) is 9.71. The molecule has 0 saturated carbocycles. The van der Waals surface area contributed by atoms with Gasteiger partial charge in [-0.2, -0.15) is 5.26 Å². The van der Waals surface area contributed by atoms with Crippen LogP contribution < -0.4 is 10.6 Å². The molecule has 5 nitrogen and oxygen atoms in total. The third kappa shape index (κ3) is 9.19. The largest absolute Gasteiger partial charge is 0.342 e. The highest BCUT2D eigenvalue weighted by atomic mass is 16.1. The Bertz CT molecular complexity index is 222. The molecule has 0 aliphatic heterocycles. The lowest BCUT2D eigenvalue weighted by Gasteiger charge is -2.16. The summed E-state index contributed by atoms with van der Waals surface area (Å²) in [5.41, 5.74) is 0. The summed E-state index contributed by atoms with van der Waals surface area (Å²) in [4.78, 5) is 13.2. The van der Waals surface area contributed by atoms with Crippen molar-refractivity contribution in [3.05, 3.63) is 0 Å². The van der Waals surface area contributed by atoms with Crippen LogP contribution in [0.4, 0.5) is 0 Å². The van der Waals surface area contributed by atoms with Gasteiger partial charge in [0.05, 0.1) is 12.6 Å². The van der Waals surface area contributed by atoms with Gasteiger partial charge in [0.25, 0.3) is 0 Å². The topological polar surface area (TPSA) is 68.2 Å². The molecule has 0 heterocycles. The lowest BCUT2D eigenvalue weighted by molar-refractivity contribution is -0.120. The fraction of sp³-hybridized carbons (Fsp3) is 0.800. The van der Waals surface area contributed by atoms with Crippen molar-refractivity contribution < 1.29 is 4.79 Å². The maximum atomic E-state index is 11.1. The van der Waals surface area contributed by atoms with Crippen LogP contribution in [0.3, 0.4) is 0 Å². The molecule has 0 aromatic carbocycles. The number of carbonyl (C=O) groups excluding carboxylic acids is 1. The summed E-state index contributed by atoms with van der Waals surface area (Å²) in [7, 11) is 4.04. The average Bonchev–Trinajstić information content (AvgIpc) is 2.20. The lowest BCUT2D eigenvalue weighted by Crippen LogP contribution is -2.39. The monoisotopic (exact) mass is 212 g/mol. The van der Waals surface area contributed by atoms with Crippen LogP contribution in [0.2, 0.25) is 0 Å². The van der Waals surface area contributed by atoms with Crippen LogP contribution in [0.25, 0.3) is 0 Å². The molecule has 86 valence electrons. The van der Waals surface area contributed by atoms with Gasteiger partial charge in [-0.25, -0.2) is 0 Å². The summed E-state index contributed by atoms with van der Waals surface area (Å²) in [6, 6.07) is 2.17. The van der Waals surface area contributed by atoms with E-state index >= 15 is 0 Å². The molecule has 0 rings (SSSR count). The molecular formula is C10H20N4O. The summed E-state index contributed by atoms with van der Waals surface area (Å²) in [6.45, 7) is 3.39. The molecule has 15 heavy (non-hydrogen) atoms. The minimum absolute atomic E-state index is 0.0760. The predicted octanol–water partition coefficient (Wildman–Crippen LogP) is -0.444. The van der Waals surface area contributed by atoms with Gasteiger partial charge in [0, 0.05) is 6.04 Å². The van der Waals surface area contributed by atoms with Crippen LogP contribution >= 0.6 is 0 Å². The van der Waals surface area contributed by atoms with Gasteiger partial charge in [-0.05, 0) is 34.0 Å². The van der Waals surface area contributed by atoms with Gasteiger partial charge in [0.15, 0.2) is 0 Å². The van der Waals surface area contributed by atoms with E-state index in [-0.39, 0.29) is 19.0 Å². The van der Waals surface area contributed by atoms with Crippen molar-refractivity contribution in [2.75, 3.05) is 33.7 Å². The Morgan fingerprint density at radius 3 is 2.73 bits per heavy atom. The molecule has 5 heteroatoms. The molecule has 0 spiro atoms. The van der Waals surface area contributed by atoms with E-state index in [0.717, 1.165) is 13.0 Å². The zero-order valence-electron chi connectivity index (χ0n) is 9.71. The van der Waals surface area contributed by atoms with Gasteiger partial charge < -0.3 is 15.5 Å². The predicted molar refractivity (Wildman–Crippen MR) is 59.3 cm³/mol. The standard InChI is InChI=1S/C10H20N4O/c1-9(4-7-14(2)3)13-8-10(15)12-6-5-11/h9,13H,4,6-8H2,1-3H3,(H,12,15). The SMILES string of the molecule is CC(CCN(C)C)NCC(=O)NCC#N. The first-order valence-corrected chi connectivity index (χ1v) is 5.08. The van der Waals surface area contributed by atoms with Crippen molar-refractivity contribution in [2.24, 2.45) is 0 Å². The molecule has 0 aliphatic rings. The molecule has 0 fully saturated rings. The molecule has 0 aromatic heterocycles. The normalized spacial score (nSPS) is 12.2. The summed E-state index contributed by atoms with van der Waals surface area (Å²) in [5, 5.41) is 13.8. The maximum absolute atomic E-state index is 11.1. The van der Waals surface area contributed by atoms with Crippen molar-refractivity contribution >= 4 is 5.91 Å². The van der Waals surface area contributed by atoms with Crippen molar-refractivity contribution in [2.45, 2.75) is 19.4 Å². The number of hydrogen-bond acceptors (Lipinski definition) is 4. The number of carbonyl (C=O) groups is 1. The first kappa shape index (κ1) is 13.9. The molecule has 0 aromatic rings. The van der Waals surface area contributed by atoms with E-state index in [1.807, 2.05) is 27.1 Å². The molecule has 2 N–H and O–H groups in total. The first-order valence-electron chi connectivity index (χ1n) is 5.08. The van der Waals surface area contributed by atoms with Crippen LogP contribution in [-0.2, 0) is 4.79 Å². The van der Waals surface area contributed by atoms with E-state index in [1.54, 1.807) is 0 Å². The Balaban J connectivity index is 3.49. The molecule has 1 amide bonds. The molecule has 1 unspecified atom stereocenters. The number of hydrogen-bond donors (Lipinski definition) is 2. The minimum Gasteiger partial charge on any atom is -0.342 e. The van der Waals surface area contributed by atoms with E-state index in [2.05, 4.69) is 15.5 Å². The summed E-state index contributed by atoms with van der Waals surface area (Å²) >= 11 is 0. The Kier molecular flexibility index (Phi) is 7.60. The molecule has 0 bridgehead atoms. The molecule has 1 atom stereocenters. The Morgan fingerprint density at radius 1 is 1.53 bits per heavy atom. The van der Waals surface area contributed by atoms with Crippen LogP contribution in [0.5, 0.6) is 0 Å². The fourth-order valence-corrected chi connectivity index (χ4v) is 1.02. The highest BCUT2D eigenvalue weighted by Gasteiger charge is 2.05. The van der Waals surface area contributed by atoms with E-state index in [0.29, 0.717) is 6.04 Å². The smallest absolute Gasteiger partial charge is 0.234 e. The van der Waals surface area contributed by atoms with Gasteiger partial charge in [-0.15, -0.1) is 0 Å². The zero-order chi connectivity index (χ0) is 11.7. The van der Waals surface area contributed by atoms with Crippen LogP contribution in [0.15, 0.2) is 0 Å². The van der Waals surface area contributed by atoms with Crippen molar-refractivity contribution in [1.29, 1.82) is 5.26 Å². The average molecular weight is 212 g/mol. The molecule has 0 saturated heterocycles. The van der Waals surface area contributed by atoms with Crippen molar-refractivity contribution in [3.63, 3.8) is 0 Å². The second-order valence-corrected chi connectivity index (χ2v) is 3.81. The summed E-state index contributed by atoms with van der Waals surface area (Å²) in [6.07, 6.45) is 0.999. The Morgan fingerprint density at radius 2 is 2.20 bits per heavy atom. The summed E-state index contributed by atoms with van der Waals surface area (Å²) < 4.78 is 0. The van der Waals surface area contributed by atoms with Gasteiger partial charge in [0.1, 0.15) is 6.54 Å². The van der Waals surface area contributed by atoms with Gasteiger partial charge >= 0.3 is 0 Å². The third-order valence-electron chi connectivity index (χ3n) is 1.99.